The zero-order chi connectivity index (χ0) is 35.7. The predicted molar refractivity (Wildman–Crippen MR) is 205 cm³/mol. The maximum atomic E-state index is 9.79. The molecular weight excluding hydrogens is 579 g/mol. The van der Waals surface area contributed by atoms with Crippen LogP contribution in [0.25, 0.3) is 54.9 Å². The molecule has 48 heavy (non-hydrogen) atoms. The minimum Gasteiger partial charge on any atom is -0.310 e. The van der Waals surface area contributed by atoms with Crippen LogP contribution in [0.3, 0.4) is 0 Å². The van der Waals surface area contributed by atoms with Crippen molar-refractivity contribution in [1.29, 1.82) is 0 Å². The fraction of sp³-hybridized carbons (Fsp3) is 0.0638. The molecule has 0 bridgehead atoms. The normalized spacial score (nSPS) is 14.1. The summed E-state index contributed by atoms with van der Waals surface area (Å²) >= 11 is 0. The van der Waals surface area contributed by atoms with Crippen LogP contribution in [-0.2, 0) is 5.41 Å². The molecule has 0 heterocycles. The summed E-state index contributed by atoms with van der Waals surface area (Å²) in [4.78, 5) is 1.94. The third-order valence-electron chi connectivity index (χ3n) is 9.93. The van der Waals surface area contributed by atoms with Crippen molar-refractivity contribution in [2.24, 2.45) is 0 Å². The highest BCUT2D eigenvalue weighted by Gasteiger charge is 2.35. The van der Waals surface area contributed by atoms with Gasteiger partial charge in [0.25, 0.3) is 0 Å². The number of rotatable bonds is 5. The molecule has 1 aliphatic rings. The first-order chi connectivity index (χ1) is 25.2. The first-order valence-electron chi connectivity index (χ1n) is 18.4. The van der Waals surface area contributed by atoms with E-state index in [2.05, 4.69) is 105 Å². The van der Waals surface area contributed by atoms with Gasteiger partial charge in [0.1, 0.15) is 0 Å². The molecule has 1 heteroatoms. The second-order valence-electron chi connectivity index (χ2n) is 13.1. The van der Waals surface area contributed by atoms with Crippen molar-refractivity contribution in [2.75, 3.05) is 4.90 Å². The van der Waals surface area contributed by atoms with Gasteiger partial charge in [-0.2, -0.15) is 0 Å². The van der Waals surface area contributed by atoms with E-state index in [1.165, 1.54) is 33.0 Å². The molecule has 0 atom stereocenters. The van der Waals surface area contributed by atoms with Gasteiger partial charge in [-0.25, -0.2) is 0 Å². The van der Waals surface area contributed by atoms with Crippen molar-refractivity contribution in [1.82, 2.24) is 0 Å². The SMILES string of the molecule is [2H]c1c([2H])c(-c2cccc3ccccc23)c([2H])c(N(c2ccc(-c3ccc4ccccc4c3)cc2)c2ccc3c(c2)C(C)(C)c2ccccc2-3)c1[2H]. The van der Waals surface area contributed by atoms with Crippen LogP contribution in [0.1, 0.15) is 30.5 Å². The Kier molecular flexibility index (Phi) is 5.62. The Morgan fingerprint density at radius 3 is 2.00 bits per heavy atom. The number of fused-ring (bicyclic) bond motifs is 5. The molecule has 228 valence electrons. The lowest BCUT2D eigenvalue weighted by molar-refractivity contribution is 0.660. The van der Waals surface area contributed by atoms with Gasteiger partial charge >= 0.3 is 0 Å². The monoisotopic (exact) mass is 617 g/mol. The van der Waals surface area contributed by atoms with E-state index in [0.29, 0.717) is 11.1 Å². The maximum absolute atomic E-state index is 9.79. The average molecular weight is 618 g/mol. The summed E-state index contributed by atoms with van der Waals surface area (Å²) in [5, 5.41) is 4.25. The van der Waals surface area contributed by atoms with Gasteiger partial charge in [-0.05, 0) is 108 Å². The molecule has 0 aromatic heterocycles. The summed E-state index contributed by atoms with van der Waals surface area (Å²) in [6.45, 7) is 4.48. The summed E-state index contributed by atoms with van der Waals surface area (Å²) < 4.78 is 37.3. The molecule has 0 unspecified atom stereocenters. The van der Waals surface area contributed by atoms with Crippen LogP contribution < -0.4 is 4.90 Å². The number of hydrogen-bond donors (Lipinski definition) is 0. The first-order valence-corrected chi connectivity index (χ1v) is 16.4. The molecule has 0 amide bonds. The van der Waals surface area contributed by atoms with Crippen molar-refractivity contribution < 1.29 is 5.48 Å². The van der Waals surface area contributed by atoms with Gasteiger partial charge < -0.3 is 4.90 Å². The summed E-state index contributed by atoms with van der Waals surface area (Å²) in [6.07, 6.45) is 0. The largest absolute Gasteiger partial charge is 0.310 e. The molecule has 8 aromatic rings. The standard InChI is InChI=1S/C47H35N/c1-47(2)45-20-8-7-18-43(45)44-28-27-40(31-46(44)47)48(38-25-23-33(24-26-38)36-22-21-32-11-3-4-13-35(32)29-36)39-16-9-15-37(30-39)42-19-10-14-34-12-5-6-17-41(34)42/h3-31H,1-2H3/i9D,15D,16D,30D. The molecule has 9 rings (SSSR count). The molecule has 0 saturated heterocycles. The molecule has 1 aliphatic carbocycles. The highest BCUT2D eigenvalue weighted by molar-refractivity contribution is 5.97. The molecule has 0 N–H and O–H groups in total. The maximum Gasteiger partial charge on any atom is 0.0651 e. The Bertz CT molecular complexity index is 2710. The van der Waals surface area contributed by atoms with Gasteiger partial charge in [0.05, 0.1) is 5.48 Å². The van der Waals surface area contributed by atoms with Crippen LogP contribution >= 0.6 is 0 Å². The van der Waals surface area contributed by atoms with E-state index >= 15 is 0 Å². The second kappa shape index (κ2) is 11.1. The number of anilines is 3. The van der Waals surface area contributed by atoms with E-state index in [1.54, 1.807) is 0 Å². The van der Waals surface area contributed by atoms with Gasteiger partial charge in [-0.15, -0.1) is 0 Å². The van der Waals surface area contributed by atoms with Crippen molar-refractivity contribution >= 4 is 38.6 Å². The first kappa shape index (κ1) is 24.3. The van der Waals surface area contributed by atoms with E-state index in [0.717, 1.165) is 33.3 Å². The third kappa shape index (κ3) is 4.62. The smallest absolute Gasteiger partial charge is 0.0651 e. The molecule has 0 aliphatic heterocycles. The Balaban J connectivity index is 1.27. The van der Waals surface area contributed by atoms with Gasteiger partial charge in [0.15, 0.2) is 0 Å². The molecule has 0 saturated carbocycles. The van der Waals surface area contributed by atoms with Crippen molar-refractivity contribution in [3.8, 4) is 33.4 Å². The van der Waals surface area contributed by atoms with Crippen LogP contribution in [0.15, 0.2) is 176 Å². The second-order valence-corrected chi connectivity index (χ2v) is 13.1. The lowest BCUT2D eigenvalue weighted by atomic mass is 9.82. The zero-order valence-electron chi connectivity index (χ0n) is 30.9. The summed E-state index contributed by atoms with van der Waals surface area (Å²) in [5.74, 6) is 0. The predicted octanol–water partition coefficient (Wildman–Crippen LogP) is 13.1. The quantitative estimate of drug-likeness (QED) is 0.186. The number of benzene rings is 8. The molecule has 1 nitrogen and oxygen atoms in total. The Hall–Kier alpha value is -5.92. The van der Waals surface area contributed by atoms with E-state index in [-0.39, 0.29) is 35.3 Å². The lowest BCUT2D eigenvalue weighted by Gasteiger charge is -2.28. The summed E-state index contributed by atoms with van der Waals surface area (Å²) in [7, 11) is 0. The minimum absolute atomic E-state index is 0.0454. The van der Waals surface area contributed by atoms with Crippen molar-refractivity contribution in [3.63, 3.8) is 0 Å². The van der Waals surface area contributed by atoms with Crippen LogP contribution in [0.5, 0.6) is 0 Å². The van der Waals surface area contributed by atoms with Gasteiger partial charge in [0, 0.05) is 22.5 Å². The average Bonchev–Trinajstić information content (AvgIpc) is 3.41. The third-order valence-corrected chi connectivity index (χ3v) is 9.93. The Morgan fingerprint density at radius 1 is 0.458 bits per heavy atom. The van der Waals surface area contributed by atoms with Gasteiger partial charge in [-0.3, -0.25) is 0 Å². The molecule has 0 radical (unpaired) electrons. The Morgan fingerprint density at radius 2 is 1.12 bits per heavy atom. The van der Waals surface area contributed by atoms with E-state index in [1.807, 2.05) is 65.6 Å². The van der Waals surface area contributed by atoms with E-state index < -0.39 is 0 Å². The topological polar surface area (TPSA) is 3.24 Å². The fourth-order valence-corrected chi connectivity index (χ4v) is 7.43. The van der Waals surface area contributed by atoms with Gasteiger partial charge in [-0.1, -0.05) is 147 Å². The molecule has 0 spiro atoms. The van der Waals surface area contributed by atoms with Gasteiger partial charge in [0.2, 0.25) is 0 Å². The summed E-state index contributed by atoms with van der Waals surface area (Å²) in [6, 6.07) is 51.3. The highest BCUT2D eigenvalue weighted by atomic mass is 15.1. The highest BCUT2D eigenvalue weighted by Crippen LogP contribution is 2.50. The van der Waals surface area contributed by atoms with Crippen LogP contribution in [-0.4, -0.2) is 0 Å². The van der Waals surface area contributed by atoms with Crippen molar-refractivity contribution in [3.05, 3.63) is 187 Å². The lowest BCUT2D eigenvalue weighted by Crippen LogP contribution is -2.16. The molecule has 8 aromatic carbocycles. The number of hydrogen-bond acceptors (Lipinski definition) is 1. The van der Waals surface area contributed by atoms with Crippen LogP contribution in [0, 0.1) is 0 Å². The fourth-order valence-electron chi connectivity index (χ4n) is 7.43. The van der Waals surface area contributed by atoms with E-state index in [4.69, 9.17) is 2.74 Å². The molecular formula is C47H35N. The summed E-state index contributed by atoms with van der Waals surface area (Å²) in [5.41, 5.74) is 9.59. The minimum atomic E-state index is -0.263. The number of nitrogens with zero attached hydrogens (tertiary/aromatic N) is 1. The Labute approximate surface area is 288 Å². The van der Waals surface area contributed by atoms with Crippen LogP contribution in [0.4, 0.5) is 17.1 Å². The van der Waals surface area contributed by atoms with Crippen molar-refractivity contribution in [2.45, 2.75) is 19.3 Å². The zero-order valence-corrected chi connectivity index (χ0v) is 26.9. The van der Waals surface area contributed by atoms with E-state index in [9.17, 15) is 2.74 Å². The van der Waals surface area contributed by atoms with Crippen LogP contribution in [0.2, 0.25) is 0 Å². The molecule has 0 fully saturated rings.